The number of hydrogen-bond acceptors (Lipinski definition) is 3. The van der Waals surface area contributed by atoms with Gasteiger partial charge in [-0.2, -0.15) is 0 Å². The van der Waals surface area contributed by atoms with Gasteiger partial charge in [-0.25, -0.2) is 13.2 Å². The highest BCUT2D eigenvalue weighted by atomic mass is 19.1. The van der Waals surface area contributed by atoms with Crippen LogP contribution in [-0.2, 0) is 18.6 Å². The van der Waals surface area contributed by atoms with E-state index in [0.29, 0.717) is 30.3 Å². The first-order chi connectivity index (χ1) is 12.9. The summed E-state index contributed by atoms with van der Waals surface area (Å²) >= 11 is 0. The second-order valence-corrected chi connectivity index (χ2v) is 7.07. The molecule has 1 aliphatic heterocycles. The van der Waals surface area contributed by atoms with Crippen LogP contribution in [0.25, 0.3) is 11.4 Å². The molecule has 140 valence electrons. The van der Waals surface area contributed by atoms with Crippen LogP contribution in [0.1, 0.15) is 31.7 Å². The van der Waals surface area contributed by atoms with E-state index in [1.54, 1.807) is 13.8 Å². The van der Waals surface area contributed by atoms with E-state index in [9.17, 15) is 13.2 Å². The van der Waals surface area contributed by atoms with E-state index in [1.807, 2.05) is 22.8 Å². The molecule has 0 saturated carbocycles. The van der Waals surface area contributed by atoms with Gasteiger partial charge in [0.15, 0.2) is 34.6 Å². The SMILES string of the molecule is CC(C)(Oc1c(F)cc(F)cc1F)c1nnc2n1CCCc1ccccc1-2. The highest BCUT2D eigenvalue weighted by molar-refractivity contribution is 5.61. The van der Waals surface area contributed by atoms with Gasteiger partial charge in [0, 0.05) is 24.2 Å². The van der Waals surface area contributed by atoms with Crippen LogP contribution in [-0.4, -0.2) is 14.8 Å². The zero-order valence-electron chi connectivity index (χ0n) is 15.0. The average molecular weight is 373 g/mol. The van der Waals surface area contributed by atoms with E-state index in [-0.39, 0.29) is 0 Å². The van der Waals surface area contributed by atoms with Crippen molar-refractivity contribution in [1.29, 1.82) is 0 Å². The van der Waals surface area contributed by atoms with Crippen molar-refractivity contribution in [3.8, 4) is 17.1 Å². The van der Waals surface area contributed by atoms with Crippen LogP contribution in [0.2, 0.25) is 0 Å². The third-order valence-corrected chi connectivity index (χ3v) is 4.70. The van der Waals surface area contributed by atoms with Crippen LogP contribution in [0.15, 0.2) is 36.4 Å². The molecule has 0 aliphatic carbocycles. The Morgan fingerprint density at radius 3 is 2.48 bits per heavy atom. The molecule has 0 saturated heterocycles. The molecule has 0 amide bonds. The van der Waals surface area contributed by atoms with E-state index in [2.05, 4.69) is 16.3 Å². The Morgan fingerprint density at radius 2 is 1.74 bits per heavy atom. The summed E-state index contributed by atoms with van der Waals surface area (Å²) in [6.07, 6.45) is 1.78. The molecule has 1 aliphatic rings. The number of benzene rings is 2. The van der Waals surface area contributed by atoms with E-state index in [4.69, 9.17) is 4.74 Å². The lowest BCUT2D eigenvalue weighted by molar-refractivity contribution is 0.0821. The molecular formula is C20H18F3N3O. The first-order valence-electron chi connectivity index (χ1n) is 8.72. The molecule has 0 atom stereocenters. The second kappa shape index (κ2) is 6.40. The van der Waals surface area contributed by atoms with Crippen LogP contribution in [0.4, 0.5) is 13.2 Å². The van der Waals surface area contributed by atoms with Crippen molar-refractivity contribution in [3.63, 3.8) is 0 Å². The largest absolute Gasteiger partial charge is 0.474 e. The first-order valence-corrected chi connectivity index (χ1v) is 8.72. The predicted octanol–water partition coefficient (Wildman–Crippen LogP) is 4.62. The number of hydrogen-bond donors (Lipinski definition) is 0. The number of fused-ring (bicyclic) bond motifs is 3. The van der Waals surface area contributed by atoms with Gasteiger partial charge in [0.25, 0.3) is 0 Å². The molecule has 7 heteroatoms. The van der Waals surface area contributed by atoms with E-state index < -0.39 is 28.8 Å². The molecule has 3 aromatic rings. The first kappa shape index (κ1) is 17.6. The fourth-order valence-corrected chi connectivity index (χ4v) is 3.47. The highest BCUT2D eigenvalue weighted by Crippen LogP contribution is 2.34. The van der Waals surface area contributed by atoms with Gasteiger partial charge in [-0.1, -0.05) is 24.3 Å². The van der Waals surface area contributed by atoms with Crippen molar-refractivity contribution >= 4 is 0 Å². The number of aromatic nitrogens is 3. The van der Waals surface area contributed by atoms with Crippen LogP contribution in [0, 0.1) is 17.5 Å². The van der Waals surface area contributed by atoms with E-state index in [0.717, 1.165) is 18.4 Å². The summed E-state index contributed by atoms with van der Waals surface area (Å²) in [5.41, 5.74) is 0.998. The van der Waals surface area contributed by atoms with E-state index in [1.165, 1.54) is 5.56 Å². The molecule has 4 nitrogen and oxygen atoms in total. The number of nitrogens with zero attached hydrogens (tertiary/aromatic N) is 3. The van der Waals surface area contributed by atoms with Crippen molar-refractivity contribution in [1.82, 2.24) is 14.8 Å². The molecule has 2 aromatic carbocycles. The Kier molecular flexibility index (Phi) is 4.17. The molecule has 0 spiro atoms. The number of ether oxygens (including phenoxy) is 1. The lowest BCUT2D eigenvalue weighted by Gasteiger charge is -2.26. The standard InChI is InChI=1S/C20H18F3N3O/c1-20(2,27-17-15(22)10-13(21)11-16(17)23)19-25-24-18-14-8-4-3-6-12(14)7-5-9-26(18)19/h3-4,6,8,10-11H,5,7,9H2,1-2H3. The minimum Gasteiger partial charge on any atom is -0.474 e. The molecule has 0 unspecified atom stereocenters. The van der Waals surface area contributed by atoms with Crippen molar-refractivity contribution in [2.75, 3.05) is 0 Å². The minimum atomic E-state index is -1.18. The summed E-state index contributed by atoms with van der Waals surface area (Å²) in [6.45, 7) is 3.97. The molecule has 4 rings (SSSR count). The molecule has 1 aromatic heterocycles. The molecule has 27 heavy (non-hydrogen) atoms. The maximum absolute atomic E-state index is 14.0. The molecule has 0 bridgehead atoms. The van der Waals surface area contributed by atoms with Crippen LogP contribution in [0.3, 0.4) is 0 Å². The molecule has 0 fully saturated rings. The zero-order valence-corrected chi connectivity index (χ0v) is 15.0. The molecule has 0 N–H and O–H groups in total. The second-order valence-electron chi connectivity index (χ2n) is 7.07. The fourth-order valence-electron chi connectivity index (χ4n) is 3.47. The maximum atomic E-state index is 14.0. The van der Waals surface area contributed by atoms with Gasteiger partial charge in [-0.15, -0.1) is 10.2 Å². The minimum absolute atomic E-state index is 0.456. The zero-order chi connectivity index (χ0) is 19.2. The average Bonchev–Trinajstić information content (AvgIpc) is 2.95. The van der Waals surface area contributed by atoms with Gasteiger partial charge in [-0.3, -0.25) is 0 Å². The summed E-state index contributed by atoms with van der Waals surface area (Å²) in [4.78, 5) is 0. The highest BCUT2D eigenvalue weighted by Gasteiger charge is 2.34. The van der Waals surface area contributed by atoms with Crippen molar-refractivity contribution < 1.29 is 17.9 Å². The summed E-state index contributed by atoms with van der Waals surface area (Å²) in [5, 5.41) is 8.56. The third-order valence-electron chi connectivity index (χ3n) is 4.70. The predicted molar refractivity (Wildman–Crippen MR) is 93.7 cm³/mol. The Labute approximate surface area is 154 Å². The lowest BCUT2D eigenvalue weighted by atomic mass is 10.0. The summed E-state index contributed by atoms with van der Waals surface area (Å²) in [7, 11) is 0. The van der Waals surface area contributed by atoms with Gasteiger partial charge in [0.05, 0.1) is 0 Å². The van der Waals surface area contributed by atoms with Crippen LogP contribution in [0.5, 0.6) is 5.75 Å². The van der Waals surface area contributed by atoms with Gasteiger partial charge < -0.3 is 9.30 Å². The Morgan fingerprint density at radius 1 is 1.04 bits per heavy atom. The van der Waals surface area contributed by atoms with Gasteiger partial charge in [0.1, 0.15) is 5.82 Å². The topological polar surface area (TPSA) is 39.9 Å². The summed E-state index contributed by atoms with van der Waals surface area (Å²) in [6, 6.07) is 9.15. The monoisotopic (exact) mass is 373 g/mol. The summed E-state index contributed by atoms with van der Waals surface area (Å²) < 4.78 is 48.8. The molecular weight excluding hydrogens is 355 g/mol. The van der Waals surface area contributed by atoms with Crippen molar-refractivity contribution in [3.05, 3.63) is 65.2 Å². The van der Waals surface area contributed by atoms with Gasteiger partial charge in [-0.05, 0) is 32.3 Å². The van der Waals surface area contributed by atoms with Gasteiger partial charge in [0.2, 0.25) is 0 Å². The van der Waals surface area contributed by atoms with E-state index >= 15 is 0 Å². The van der Waals surface area contributed by atoms with Crippen molar-refractivity contribution in [2.45, 2.75) is 38.8 Å². The number of halogens is 3. The number of rotatable bonds is 3. The third kappa shape index (κ3) is 3.07. The van der Waals surface area contributed by atoms with Crippen LogP contribution >= 0.6 is 0 Å². The van der Waals surface area contributed by atoms with Gasteiger partial charge >= 0.3 is 0 Å². The normalized spacial score (nSPS) is 13.7. The quantitative estimate of drug-likeness (QED) is 0.672. The smallest absolute Gasteiger partial charge is 0.192 e. The molecule has 2 heterocycles. The Balaban J connectivity index is 1.76. The maximum Gasteiger partial charge on any atom is 0.192 e. The van der Waals surface area contributed by atoms with Crippen molar-refractivity contribution in [2.24, 2.45) is 0 Å². The Bertz CT molecular complexity index is 990. The number of aryl methyl sites for hydroxylation is 1. The van der Waals surface area contributed by atoms with Crippen LogP contribution < -0.4 is 4.74 Å². The molecule has 0 radical (unpaired) electrons. The fraction of sp³-hybridized carbons (Fsp3) is 0.300. The Hall–Kier alpha value is -2.83. The lowest BCUT2D eigenvalue weighted by Crippen LogP contribution is -2.30. The summed E-state index contributed by atoms with van der Waals surface area (Å²) in [5.74, 6) is -2.66.